The van der Waals surface area contributed by atoms with Crippen LogP contribution in [0.15, 0.2) is 35.5 Å². The van der Waals surface area contributed by atoms with Gasteiger partial charge in [-0.15, -0.1) is 10.2 Å². The van der Waals surface area contributed by atoms with Gasteiger partial charge in [0.05, 0.1) is 10.9 Å². The predicted molar refractivity (Wildman–Crippen MR) is 96.6 cm³/mol. The van der Waals surface area contributed by atoms with Gasteiger partial charge in [0.25, 0.3) is 0 Å². The van der Waals surface area contributed by atoms with Crippen LogP contribution in [0.4, 0.5) is 5.95 Å². The van der Waals surface area contributed by atoms with Crippen molar-refractivity contribution >= 4 is 23.6 Å². The number of amides is 1. The fourth-order valence-corrected chi connectivity index (χ4v) is 3.83. The van der Waals surface area contributed by atoms with Crippen LogP contribution in [-0.4, -0.2) is 39.0 Å². The third kappa shape index (κ3) is 3.56. The lowest BCUT2D eigenvalue weighted by Crippen LogP contribution is -2.32. The average Bonchev–Trinajstić information content (AvgIpc) is 3.04. The number of nitrogens with zero attached hydrogens (tertiary/aromatic N) is 4. The summed E-state index contributed by atoms with van der Waals surface area (Å²) in [5.41, 5.74) is 6.51. The van der Waals surface area contributed by atoms with Gasteiger partial charge in [0.15, 0.2) is 5.16 Å². The van der Waals surface area contributed by atoms with Crippen LogP contribution in [0.3, 0.4) is 0 Å². The van der Waals surface area contributed by atoms with Crippen molar-refractivity contribution in [1.82, 2.24) is 14.8 Å². The standard InChI is InChI=1S/C17H23N5OS/c1-2-14(15(18)23)24-17-20-19-16(21-11-7-4-8-12-21)22(17)13-9-5-3-6-10-13/h3,5-6,9-10,14H,2,4,7-8,11-12H2,1H3,(H2,18,23)/t14-/m0/s1. The average molecular weight is 345 g/mol. The van der Waals surface area contributed by atoms with Gasteiger partial charge in [-0.2, -0.15) is 0 Å². The molecule has 1 fully saturated rings. The zero-order valence-corrected chi connectivity index (χ0v) is 14.7. The lowest BCUT2D eigenvalue weighted by Gasteiger charge is -2.28. The molecule has 7 heteroatoms. The Labute approximate surface area is 146 Å². The summed E-state index contributed by atoms with van der Waals surface area (Å²) in [6.07, 6.45) is 4.27. The highest BCUT2D eigenvalue weighted by molar-refractivity contribution is 8.00. The highest BCUT2D eigenvalue weighted by Gasteiger charge is 2.24. The van der Waals surface area contributed by atoms with Crippen molar-refractivity contribution in [3.05, 3.63) is 30.3 Å². The Morgan fingerprint density at radius 1 is 1.21 bits per heavy atom. The van der Waals surface area contributed by atoms with Crippen molar-refractivity contribution in [2.45, 2.75) is 43.0 Å². The van der Waals surface area contributed by atoms with Crippen LogP contribution in [-0.2, 0) is 4.79 Å². The number of thioether (sulfide) groups is 1. The van der Waals surface area contributed by atoms with E-state index in [0.29, 0.717) is 11.6 Å². The maximum absolute atomic E-state index is 11.6. The number of hydrogen-bond acceptors (Lipinski definition) is 5. The van der Waals surface area contributed by atoms with Crippen LogP contribution >= 0.6 is 11.8 Å². The molecule has 6 nitrogen and oxygen atoms in total. The van der Waals surface area contributed by atoms with E-state index in [-0.39, 0.29) is 11.2 Å². The predicted octanol–water partition coefficient (Wildman–Crippen LogP) is 2.61. The molecule has 128 valence electrons. The first kappa shape index (κ1) is 16.8. The summed E-state index contributed by atoms with van der Waals surface area (Å²) in [7, 11) is 0. The van der Waals surface area contributed by atoms with E-state index in [4.69, 9.17) is 5.73 Å². The zero-order valence-electron chi connectivity index (χ0n) is 13.9. The number of carbonyl (C=O) groups is 1. The molecule has 0 unspecified atom stereocenters. The number of aromatic nitrogens is 3. The van der Waals surface area contributed by atoms with Gasteiger partial charge in [-0.3, -0.25) is 9.36 Å². The van der Waals surface area contributed by atoms with Gasteiger partial charge < -0.3 is 10.6 Å². The summed E-state index contributed by atoms with van der Waals surface area (Å²) in [5.74, 6) is 0.535. The lowest BCUT2D eigenvalue weighted by molar-refractivity contribution is -0.117. The molecule has 1 aromatic heterocycles. The molecule has 1 atom stereocenters. The van der Waals surface area contributed by atoms with Crippen LogP contribution in [0.2, 0.25) is 0 Å². The minimum absolute atomic E-state index is 0.300. The molecular weight excluding hydrogens is 322 g/mol. The summed E-state index contributed by atoms with van der Waals surface area (Å²) in [4.78, 5) is 13.9. The number of rotatable bonds is 6. The van der Waals surface area contributed by atoms with Gasteiger partial charge in [0.2, 0.25) is 11.9 Å². The number of para-hydroxylation sites is 1. The second kappa shape index (κ2) is 7.70. The van der Waals surface area contributed by atoms with Crippen molar-refractivity contribution < 1.29 is 4.79 Å². The molecule has 0 aliphatic carbocycles. The molecule has 0 saturated carbocycles. The number of hydrogen-bond donors (Lipinski definition) is 1. The maximum Gasteiger partial charge on any atom is 0.232 e. The van der Waals surface area contributed by atoms with E-state index in [2.05, 4.69) is 15.1 Å². The second-order valence-electron chi connectivity index (χ2n) is 5.92. The van der Waals surface area contributed by atoms with E-state index in [1.54, 1.807) is 0 Å². The molecule has 2 heterocycles. The highest BCUT2D eigenvalue weighted by atomic mass is 32.2. The third-order valence-electron chi connectivity index (χ3n) is 4.21. The molecule has 2 N–H and O–H groups in total. The van der Waals surface area contributed by atoms with E-state index in [1.165, 1.54) is 31.0 Å². The molecule has 1 aromatic carbocycles. The molecule has 1 aliphatic rings. The first-order valence-corrected chi connectivity index (χ1v) is 9.30. The summed E-state index contributed by atoms with van der Waals surface area (Å²) in [5, 5.41) is 9.21. The zero-order chi connectivity index (χ0) is 16.9. The Morgan fingerprint density at radius 3 is 2.54 bits per heavy atom. The Hall–Kier alpha value is -2.02. The van der Waals surface area contributed by atoms with Gasteiger partial charge in [-0.25, -0.2) is 0 Å². The van der Waals surface area contributed by atoms with E-state index in [9.17, 15) is 4.79 Å². The van der Waals surface area contributed by atoms with Gasteiger partial charge in [-0.1, -0.05) is 36.9 Å². The Morgan fingerprint density at radius 2 is 1.92 bits per heavy atom. The van der Waals surface area contributed by atoms with E-state index in [0.717, 1.165) is 24.7 Å². The number of benzene rings is 1. The van der Waals surface area contributed by atoms with Crippen LogP contribution < -0.4 is 10.6 Å². The van der Waals surface area contributed by atoms with Crippen molar-refractivity contribution in [2.24, 2.45) is 5.73 Å². The normalized spacial score (nSPS) is 16.1. The Bertz CT molecular complexity index is 682. The molecular formula is C17H23N5OS. The van der Waals surface area contributed by atoms with Crippen LogP contribution in [0, 0.1) is 0 Å². The fourth-order valence-electron chi connectivity index (χ4n) is 2.91. The molecule has 24 heavy (non-hydrogen) atoms. The minimum Gasteiger partial charge on any atom is -0.369 e. The summed E-state index contributed by atoms with van der Waals surface area (Å²) in [6, 6.07) is 10.0. The maximum atomic E-state index is 11.6. The summed E-state index contributed by atoms with van der Waals surface area (Å²) >= 11 is 1.39. The van der Waals surface area contributed by atoms with Gasteiger partial charge in [0, 0.05) is 13.1 Å². The Kier molecular flexibility index (Phi) is 5.40. The number of nitrogens with two attached hydrogens (primary N) is 1. The SMILES string of the molecule is CC[C@H](Sc1nnc(N2CCCCC2)n1-c1ccccc1)C(N)=O. The van der Waals surface area contributed by atoms with Gasteiger partial charge in [-0.05, 0) is 37.8 Å². The quantitative estimate of drug-likeness (QED) is 0.814. The molecule has 1 aliphatic heterocycles. The molecule has 1 amide bonds. The van der Waals surface area contributed by atoms with E-state index >= 15 is 0 Å². The second-order valence-corrected chi connectivity index (χ2v) is 7.09. The number of anilines is 1. The monoisotopic (exact) mass is 345 g/mol. The highest BCUT2D eigenvalue weighted by Crippen LogP contribution is 2.31. The number of piperidine rings is 1. The van der Waals surface area contributed by atoms with Crippen molar-refractivity contribution in [3.8, 4) is 5.69 Å². The van der Waals surface area contributed by atoms with Crippen LogP contribution in [0.25, 0.3) is 5.69 Å². The van der Waals surface area contributed by atoms with Crippen molar-refractivity contribution in [1.29, 1.82) is 0 Å². The molecule has 0 bridgehead atoms. The summed E-state index contributed by atoms with van der Waals surface area (Å²) < 4.78 is 2.04. The van der Waals surface area contributed by atoms with Gasteiger partial charge >= 0.3 is 0 Å². The van der Waals surface area contributed by atoms with Crippen molar-refractivity contribution in [2.75, 3.05) is 18.0 Å². The largest absolute Gasteiger partial charge is 0.369 e. The molecule has 3 rings (SSSR count). The number of primary amides is 1. The van der Waals surface area contributed by atoms with E-state index in [1.807, 2.05) is 41.8 Å². The smallest absolute Gasteiger partial charge is 0.232 e. The van der Waals surface area contributed by atoms with E-state index < -0.39 is 0 Å². The van der Waals surface area contributed by atoms with Gasteiger partial charge in [0.1, 0.15) is 0 Å². The molecule has 1 saturated heterocycles. The summed E-state index contributed by atoms with van der Waals surface area (Å²) in [6.45, 7) is 3.93. The first-order valence-electron chi connectivity index (χ1n) is 8.42. The third-order valence-corrected chi connectivity index (χ3v) is 5.53. The topological polar surface area (TPSA) is 77.0 Å². The lowest BCUT2D eigenvalue weighted by atomic mass is 10.1. The molecule has 0 radical (unpaired) electrons. The number of carbonyl (C=O) groups excluding carboxylic acids is 1. The van der Waals surface area contributed by atoms with Crippen LogP contribution in [0.5, 0.6) is 0 Å². The van der Waals surface area contributed by atoms with Crippen LogP contribution in [0.1, 0.15) is 32.6 Å². The molecule has 2 aromatic rings. The Balaban J connectivity index is 1.99. The molecule has 0 spiro atoms. The first-order chi connectivity index (χ1) is 11.7. The fraction of sp³-hybridized carbons (Fsp3) is 0.471. The minimum atomic E-state index is -0.315. The van der Waals surface area contributed by atoms with Crippen molar-refractivity contribution in [3.63, 3.8) is 0 Å².